The normalized spacial score (nSPS) is 11.5. The van der Waals surface area contributed by atoms with Crippen LogP contribution < -0.4 is 14.2 Å². The van der Waals surface area contributed by atoms with Crippen molar-refractivity contribution in [2.75, 3.05) is 27.9 Å². The average molecular weight is 405 g/mol. The Kier molecular flexibility index (Phi) is 9.20. The molecule has 0 aliphatic rings. The second-order valence-corrected chi connectivity index (χ2v) is 6.53. The minimum atomic E-state index is 0.397. The second-order valence-electron chi connectivity index (χ2n) is 6.53. The molecule has 0 aliphatic carbocycles. The number of benzene rings is 2. The van der Waals surface area contributed by atoms with Crippen molar-refractivity contribution in [2.45, 2.75) is 19.3 Å². The van der Waals surface area contributed by atoms with E-state index in [0.29, 0.717) is 23.8 Å². The van der Waals surface area contributed by atoms with Crippen molar-refractivity contribution < 1.29 is 14.2 Å². The maximum atomic E-state index is 9.82. The summed E-state index contributed by atoms with van der Waals surface area (Å²) >= 11 is 0. The number of nitrogens with zero attached hydrogens (tertiary/aromatic N) is 2. The van der Waals surface area contributed by atoms with Crippen molar-refractivity contribution in [1.29, 1.82) is 5.26 Å². The lowest BCUT2D eigenvalue weighted by Gasteiger charge is -2.11. The number of hydrogen-bond donors (Lipinski definition) is 0. The molecule has 0 fully saturated rings. The van der Waals surface area contributed by atoms with Crippen LogP contribution in [0.5, 0.6) is 17.2 Å². The van der Waals surface area contributed by atoms with Crippen LogP contribution in [0.1, 0.15) is 30.4 Å². The molecule has 30 heavy (non-hydrogen) atoms. The van der Waals surface area contributed by atoms with Gasteiger partial charge in [-0.05, 0) is 60.7 Å². The van der Waals surface area contributed by atoms with Gasteiger partial charge in [0, 0.05) is 12.1 Å². The maximum absolute atomic E-state index is 9.82. The monoisotopic (exact) mass is 404 g/mol. The summed E-state index contributed by atoms with van der Waals surface area (Å²) in [6, 6.07) is 15.5. The summed E-state index contributed by atoms with van der Waals surface area (Å²) < 4.78 is 16.0. The molecular weight excluding hydrogens is 376 g/mol. The third-order valence-electron chi connectivity index (χ3n) is 4.57. The lowest BCUT2D eigenvalue weighted by molar-refractivity contribution is 0.355. The molecule has 5 nitrogen and oxygen atoms in total. The van der Waals surface area contributed by atoms with Crippen LogP contribution in [0.2, 0.25) is 0 Å². The van der Waals surface area contributed by atoms with Crippen molar-refractivity contribution >= 4 is 17.4 Å². The second kappa shape index (κ2) is 12.1. The van der Waals surface area contributed by atoms with Crippen LogP contribution in [0.25, 0.3) is 11.6 Å². The largest absolute Gasteiger partial charge is 0.497 e. The molecule has 156 valence electrons. The molecule has 0 spiro atoms. The van der Waals surface area contributed by atoms with E-state index in [-0.39, 0.29) is 0 Å². The molecule has 0 N–H and O–H groups in total. The van der Waals surface area contributed by atoms with Crippen LogP contribution in [0.4, 0.5) is 0 Å². The third-order valence-corrected chi connectivity index (χ3v) is 4.57. The molecule has 0 bridgehead atoms. The molecule has 0 aromatic heterocycles. The minimum Gasteiger partial charge on any atom is -0.497 e. The van der Waals surface area contributed by atoms with Crippen LogP contribution in [0, 0.1) is 11.3 Å². The van der Waals surface area contributed by atoms with Gasteiger partial charge in [0.1, 0.15) is 17.5 Å². The van der Waals surface area contributed by atoms with Crippen molar-refractivity contribution in [3.63, 3.8) is 0 Å². The summed E-state index contributed by atoms with van der Waals surface area (Å²) in [5, 5.41) is 9.82. The van der Waals surface area contributed by atoms with Gasteiger partial charge in [-0.25, -0.2) is 0 Å². The van der Waals surface area contributed by atoms with Gasteiger partial charge in [0.2, 0.25) is 0 Å². The van der Waals surface area contributed by atoms with Gasteiger partial charge in [0.05, 0.1) is 21.3 Å². The number of methoxy groups -OCH3 is 3. The van der Waals surface area contributed by atoms with E-state index in [9.17, 15) is 5.26 Å². The number of unbranched alkanes of at least 4 members (excludes halogenated alkanes) is 2. The van der Waals surface area contributed by atoms with Crippen LogP contribution >= 0.6 is 0 Å². The van der Waals surface area contributed by atoms with E-state index in [0.717, 1.165) is 41.7 Å². The lowest BCUT2D eigenvalue weighted by atomic mass is 9.98. The summed E-state index contributed by atoms with van der Waals surface area (Å²) in [7, 11) is 4.82. The van der Waals surface area contributed by atoms with E-state index in [1.165, 1.54) is 0 Å². The first kappa shape index (κ1) is 22.8. The Morgan fingerprint density at radius 1 is 1.00 bits per heavy atom. The highest BCUT2D eigenvalue weighted by Gasteiger charge is 2.12. The smallest absolute Gasteiger partial charge is 0.161 e. The fraction of sp³-hybridized carbons (Fsp3) is 0.280. The maximum Gasteiger partial charge on any atom is 0.161 e. The standard InChI is InChI=1S/C25H28N2O3/c1-5-6-7-8-15-27-23(18-26)22(20-10-12-21(28-2)13-11-20)16-19-9-14-24(29-3)25(17-19)30-4/h5,9-14,16-17H,1,6-8,15H2,2-4H3/b22-16+,27-23-. The van der Waals surface area contributed by atoms with E-state index in [1.807, 2.05) is 54.6 Å². The van der Waals surface area contributed by atoms with Crippen LogP contribution in [0.3, 0.4) is 0 Å². The summed E-state index contributed by atoms with van der Waals surface area (Å²) in [5.74, 6) is 2.03. The van der Waals surface area contributed by atoms with E-state index in [2.05, 4.69) is 17.6 Å². The van der Waals surface area contributed by atoms with E-state index in [4.69, 9.17) is 14.2 Å². The van der Waals surface area contributed by atoms with Crippen molar-refractivity contribution in [3.05, 3.63) is 66.2 Å². The van der Waals surface area contributed by atoms with Crippen molar-refractivity contribution in [3.8, 4) is 23.3 Å². The molecule has 2 aromatic carbocycles. The zero-order valence-electron chi connectivity index (χ0n) is 17.9. The summed E-state index contributed by atoms with van der Waals surface area (Å²) in [6.45, 7) is 4.33. The molecule has 0 amide bonds. The first-order valence-electron chi connectivity index (χ1n) is 9.80. The predicted molar refractivity (Wildman–Crippen MR) is 122 cm³/mol. The van der Waals surface area contributed by atoms with Crippen LogP contribution in [0.15, 0.2) is 60.1 Å². The molecule has 5 heteroatoms. The predicted octanol–water partition coefficient (Wildman–Crippen LogP) is 5.57. The molecule has 0 unspecified atom stereocenters. The highest BCUT2D eigenvalue weighted by molar-refractivity contribution is 6.34. The number of nitriles is 1. The molecule has 0 aliphatic heterocycles. The van der Waals surface area contributed by atoms with E-state index >= 15 is 0 Å². The van der Waals surface area contributed by atoms with Gasteiger partial charge in [-0.15, -0.1) is 6.58 Å². The molecule has 0 saturated heterocycles. The Bertz CT molecular complexity index is 938. The molecule has 0 heterocycles. The Morgan fingerprint density at radius 2 is 1.73 bits per heavy atom. The number of aliphatic imine (C=N–C) groups is 1. The molecule has 2 rings (SSSR count). The third kappa shape index (κ3) is 6.25. The first-order chi connectivity index (χ1) is 14.7. The van der Waals surface area contributed by atoms with E-state index in [1.54, 1.807) is 21.3 Å². The average Bonchev–Trinajstić information content (AvgIpc) is 2.80. The Labute approximate surface area is 178 Å². The summed E-state index contributed by atoms with van der Waals surface area (Å²) in [4.78, 5) is 4.57. The quantitative estimate of drug-likeness (QED) is 0.212. The van der Waals surface area contributed by atoms with Gasteiger partial charge >= 0.3 is 0 Å². The molecule has 0 radical (unpaired) electrons. The zero-order valence-corrected chi connectivity index (χ0v) is 17.9. The first-order valence-corrected chi connectivity index (χ1v) is 9.80. The molecule has 2 aromatic rings. The number of allylic oxidation sites excluding steroid dienone is 2. The zero-order chi connectivity index (χ0) is 21.8. The minimum absolute atomic E-state index is 0.397. The highest BCUT2D eigenvalue weighted by Crippen LogP contribution is 2.30. The number of ether oxygens (including phenoxy) is 3. The van der Waals surface area contributed by atoms with Crippen molar-refractivity contribution in [2.24, 2.45) is 4.99 Å². The van der Waals surface area contributed by atoms with Gasteiger partial charge in [-0.1, -0.05) is 24.3 Å². The van der Waals surface area contributed by atoms with Gasteiger partial charge in [-0.3, -0.25) is 4.99 Å². The molecule has 0 saturated carbocycles. The van der Waals surface area contributed by atoms with Gasteiger partial charge in [0.15, 0.2) is 11.5 Å². The summed E-state index contributed by atoms with van der Waals surface area (Å²) in [6.07, 6.45) is 6.70. The van der Waals surface area contributed by atoms with Gasteiger partial charge in [0.25, 0.3) is 0 Å². The summed E-state index contributed by atoms with van der Waals surface area (Å²) in [5.41, 5.74) is 2.91. The number of rotatable bonds is 11. The van der Waals surface area contributed by atoms with Gasteiger partial charge < -0.3 is 14.2 Å². The SMILES string of the molecule is C=CCCCC/N=C(C#N)\C(=C\c1ccc(OC)c(OC)c1)c1ccc(OC)cc1. The Hall–Kier alpha value is -3.52. The van der Waals surface area contributed by atoms with Crippen molar-refractivity contribution in [1.82, 2.24) is 0 Å². The number of hydrogen-bond acceptors (Lipinski definition) is 5. The van der Waals surface area contributed by atoms with Gasteiger partial charge in [-0.2, -0.15) is 5.26 Å². The fourth-order valence-corrected chi connectivity index (χ4v) is 2.94. The molecular formula is C25H28N2O3. The highest BCUT2D eigenvalue weighted by atomic mass is 16.5. The molecule has 0 atom stereocenters. The van der Waals surface area contributed by atoms with E-state index < -0.39 is 0 Å². The Morgan fingerprint density at radius 3 is 2.33 bits per heavy atom. The van der Waals surface area contributed by atoms with Crippen LogP contribution in [-0.4, -0.2) is 33.6 Å². The topological polar surface area (TPSA) is 63.8 Å². The Balaban J connectivity index is 2.46. The lowest BCUT2D eigenvalue weighted by Crippen LogP contribution is -2.02. The fourth-order valence-electron chi connectivity index (χ4n) is 2.94. The van der Waals surface area contributed by atoms with Crippen LogP contribution in [-0.2, 0) is 0 Å².